The van der Waals surface area contributed by atoms with Crippen LogP contribution in [0.2, 0.25) is 0 Å². The average molecular weight is 319 g/mol. The van der Waals surface area contributed by atoms with E-state index in [1.165, 1.54) is 11.3 Å². The summed E-state index contributed by atoms with van der Waals surface area (Å²) in [6.45, 7) is 1.72. The number of rotatable bonds is 3. The van der Waals surface area contributed by atoms with Gasteiger partial charge in [-0.2, -0.15) is 0 Å². The number of hydrogen-bond donors (Lipinski definition) is 2. The van der Waals surface area contributed by atoms with Gasteiger partial charge in [-0.25, -0.2) is 13.4 Å². The standard InChI is InChI=1S/C14H13N3O2S2/c1-9-3-2-4-11(15)14(9)21(18,19)17-10-5-6-12-13(7-10)20-8-16-12/h2-8,17H,15H2,1H3. The van der Waals surface area contributed by atoms with E-state index in [9.17, 15) is 8.42 Å². The maximum Gasteiger partial charge on any atom is 0.264 e. The first kappa shape index (κ1) is 13.8. The van der Waals surface area contributed by atoms with Crippen molar-refractivity contribution in [2.75, 3.05) is 10.5 Å². The highest BCUT2D eigenvalue weighted by Gasteiger charge is 2.20. The summed E-state index contributed by atoms with van der Waals surface area (Å²) in [7, 11) is -3.72. The summed E-state index contributed by atoms with van der Waals surface area (Å²) in [6, 6.07) is 10.3. The molecule has 108 valence electrons. The third kappa shape index (κ3) is 2.57. The van der Waals surface area contributed by atoms with Crippen LogP contribution in [0.3, 0.4) is 0 Å². The third-order valence-corrected chi connectivity index (χ3v) is 5.49. The SMILES string of the molecule is Cc1cccc(N)c1S(=O)(=O)Nc1ccc2ncsc2c1. The number of nitrogens with zero attached hydrogens (tertiary/aromatic N) is 1. The molecule has 0 atom stereocenters. The zero-order valence-corrected chi connectivity index (χ0v) is 12.8. The fraction of sp³-hybridized carbons (Fsp3) is 0.0714. The lowest BCUT2D eigenvalue weighted by Gasteiger charge is -2.12. The van der Waals surface area contributed by atoms with Gasteiger partial charge in [-0.05, 0) is 36.8 Å². The van der Waals surface area contributed by atoms with Gasteiger partial charge in [0.25, 0.3) is 10.0 Å². The molecular formula is C14H13N3O2S2. The molecular weight excluding hydrogens is 306 g/mol. The molecule has 21 heavy (non-hydrogen) atoms. The Labute approximate surface area is 126 Å². The Hall–Kier alpha value is -2.12. The molecule has 0 unspecified atom stereocenters. The molecule has 3 aromatic rings. The smallest absolute Gasteiger partial charge is 0.264 e. The van der Waals surface area contributed by atoms with Crippen molar-refractivity contribution in [3.05, 3.63) is 47.5 Å². The van der Waals surface area contributed by atoms with E-state index in [4.69, 9.17) is 5.73 Å². The third-order valence-electron chi connectivity index (χ3n) is 3.09. The van der Waals surface area contributed by atoms with E-state index in [1.807, 2.05) is 0 Å². The number of aryl methyl sites for hydroxylation is 1. The van der Waals surface area contributed by atoms with E-state index in [0.717, 1.165) is 10.2 Å². The summed E-state index contributed by atoms with van der Waals surface area (Å²) >= 11 is 1.46. The predicted molar refractivity (Wildman–Crippen MR) is 86.0 cm³/mol. The minimum Gasteiger partial charge on any atom is -0.398 e. The number of aromatic nitrogens is 1. The molecule has 0 saturated heterocycles. The number of benzene rings is 2. The van der Waals surface area contributed by atoms with Crippen LogP contribution in [0.1, 0.15) is 5.56 Å². The highest BCUT2D eigenvalue weighted by molar-refractivity contribution is 7.93. The van der Waals surface area contributed by atoms with Crippen molar-refractivity contribution in [3.8, 4) is 0 Å². The summed E-state index contributed by atoms with van der Waals surface area (Å²) in [4.78, 5) is 4.28. The van der Waals surface area contributed by atoms with Gasteiger partial charge >= 0.3 is 0 Å². The van der Waals surface area contributed by atoms with Crippen LogP contribution < -0.4 is 10.5 Å². The van der Waals surface area contributed by atoms with Gasteiger partial charge in [0.2, 0.25) is 0 Å². The number of nitrogens with one attached hydrogen (secondary N) is 1. The van der Waals surface area contributed by atoms with Crippen LogP contribution in [-0.2, 0) is 10.0 Å². The van der Waals surface area contributed by atoms with E-state index in [-0.39, 0.29) is 10.6 Å². The first-order chi connectivity index (χ1) is 9.97. The van der Waals surface area contributed by atoms with Crippen molar-refractivity contribution in [3.63, 3.8) is 0 Å². The largest absolute Gasteiger partial charge is 0.398 e. The number of sulfonamides is 1. The molecule has 0 fully saturated rings. The maximum atomic E-state index is 12.5. The van der Waals surface area contributed by atoms with Crippen molar-refractivity contribution in [2.45, 2.75) is 11.8 Å². The van der Waals surface area contributed by atoms with Crippen molar-refractivity contribution < 1.29 is 8.42 Å². The lowest BCUT2D eigenvalue weighted by atomic mass is 10.2. The fourth-order valence-electron chi connectivity index (χ4n) is 2.17. The van der Waals surface area contributed by atoms with Gasteiger partial charge in [-0.15, -0.1) is 11.3 Å². The summed E-state index contributed by atoms with van der Waals surface area (Å²) in [5, 5.41) is 0. The Morgan fingerprint density at radius 1 is 1.24 bits per heavy atom. The molecule has 0 aliphatic rings. The molecule has 0 aliphatic heterocycles. The van der Waals surface area contributed by atoms with Crippen molar-refractivity contribution in [1.82, 2.24) is 4.98 Å². The molecule has 3 N–H and O–H groups in total. The lowest BCUT2D eigenvalue weighted by molar-refractivity contribution is 0.601. The molecule has 0 amide bonds. The first-order valence-corrected chi connectivity index (χ1v) is 8.55. The Bertz CT molecular complexity index is 897. The van der Waals surface area contributed by atoms with Crippen molar-refractivity contribution >= 4 is 43.0 Å². The molecule has 1 heterocycles. The van der Waals surface area contributed by atoms with Crippen LogP contribution in [0, 0.1) is 6.92 Å². The van der Waals surface area contributed by atoms with Gasteiger partial charge in [0, 0.05) is 0 Å². The van der Waals surface area contributed by atoms with Crippen molar-refractivity contribution in [1.29, 1.82) is 0 Å². The molecule has 0 radical (unpaired) electrons. The molecule has 7 heteroatoms. The van der Waals surface area contributed by atoms with Gasteiger partial charge < -0.3 is 5.73 Å². The number of nitrogen functional groups attached to an aromatic ring is 1. The second-order valence-corrected chi connectivity index (χ2v) is 7.14. The van der Waals surface area contributed by atoms with Crippen LogP contribution in [0.5, 0.6) is 0 Å². The summed E-state index contributed by atoms with van der Waals surface area (Å²) < 4.78 is 28.5. The van der Waals surface area contributed by atoms with Gasteiger partial charge in [-0.1, -0.05) is 12.1 Å². The molecule has 0 spiro atoms. The van der Waals surface area contributed by atoms with Crippen LogP contribution >= 0.6 is 11.3 Å². The molecule has 3 rings (SSSR count). The second-order valence-electron chi connectivity index (χ2n) is 4.63. The zero-order chi connectivity index (χ0) is 15.0. The number of nitrogens with two attached hydrogens (primary N) is 1. The average Bonchev–Trinajstić information content (AvgIpc) is 2.85. The zero-order valence-electron chi connectivity index (χ0n) is 11.2. The number of fused-ring (bicyclic) bond motifs is 1. The Morgan fingerprint density at radius 2 is 2.05 bits per heavy atom. The number of hydrogen-bond acceptors (Lipinski definition) is 5. The van der Waals surface area contributed by atoms with Crippen LogP contribution in [0.4, 0.5) is 11.4 Å². The summed E-state index contributed by atoms with van der Waals surface area (Å²) in [6.07, 6.45) is 0. The van der Waals surface area contributed by atoms with Gasteiger partial charge in [0.1, 0.15) is 4.90 Å². The van der Waals surface area contributed by atoms with Crippen LogP contribution in [-0.4, -0.2) is 13.4 Å². The van der Waals surface area contributed by atoms with Crippen molar-refractivity contribution in [2.24, 2.45) is 0 Å². The number of thiazole rings is 1. The first-order valence-electron chi connectivity index (χ1n) is 6.18. The minimum atomic E-state index is -3.72. The van der Waals surface area contributed by atoms with E-state index >= 15 is 0 Å². The molecule has 0 bridgehead atoms. The highest BCUT2D eigenvalue weighted by atomic mass is 32.2. The van der Waals surface area contributed by atoms with Gasteiger partial charge in [0.15, 0.2) is 0 Å². The second kappa shape index (κ2) is 5.01. The summed E-state index contributed by atoms with van der Waals surface area (Å²) in [5.74, 6) is 0. The Kier molecular flexibility index (Phi) is 3.30. The molecule has 1 aromatic heterocycles. The highest BCUT2D eigenvalue weighted by Crippen LogP contribution is 2.27. The quantitative estimate of drug-likeness (QED) is 0.727. The summed E-state index contributed by atoms with van der Waals surface area (Å²) in [5.41, 5.74) is 9.72. The Balaban J connectivity index is 2.03. The molecule has 0 saturated carbocycles. The minimum absolute atomic E-state index is 0.120. The molecule has 5 nitrogen and oxygen atoms in total. The number of anilines is 2. The molecule has 0 aliphatic carbocycles. The topological polar surface area (TPSA) is 85.1 Å². The van der Waals surface area contributed by atoms with Gasteiger partial charge in [0.05, 0.1) is 27.1 Å². The van der Waals surface area contributed by atoms with Gasteiger partial charge in [-0.3, -0.25) is 4.72 Å². The van der Waals surface area contributed by atoms with Crippen LogP contribution in [0.15, 0.2) is 46.8 Å². The lowest BCUT2D eigenvalue weighted by Crippen LogP contribution is -2.16. The van der Waals surface area contributed by atoms with E-state index in [1.54, 1.807) is 48.8 Å². The molecule has 2 aromatic carbocycles. The monoisotopic (exact) mass is 319 g/mol. The van der Waals surface area contributed by atoms with E-state index < -0.39 is 10.0 Å². The fourth-order valence-corrected chi connectivity index (χ4v) is 4.29. The Morgan fingerprint density at radius 3 is 2.81 bits per heavy atom. The maximum absolute atomic E-state index is 12.5. The van der Waals surface area contributed by atoms with E-state index in [2.05, 4.69) is 9.71 Å². The van der Waals surface area contributed by atoms with E-state index in [0.29, 0.717) is 11.3 Å². The van der Waals surface area contributed by atoms with Crippen LogP contribution in [0.25, 0.3) is 10.2 Å². The predicted octanol–water partition coefficient (Wildman–Crippen LogP) is 2.99. The normalized spacial score (nSPS) is 11.7.